The van der Waals surface area contributed by atoms with E-state index in [2.05, 4.69) is 15.1 Å². The van der Waals surface area contributed by atoms with E-state index in [0.717, 1.165) is 30.2 Å². The number of aromatic nitrogens is 2. The van der Waals surface area contributed by atoms with E-state index in [1.165, 1.54) is 6.07 Å². The molecule has 0 spiro atoms. The molecule has 0 saturated carbocycles. The molecule has 1 aromatic carbocycles. The summed E-state index contributed by atoms with van der Waals surface area (Å²) < 4.78 is 14.4. The van der Waals surface area contributed by atoms with Gasteiger partial charge in [0.05, 0.1) is 28.3 Å². The third-order valence-corrected chi connectivity index (χ3v) is 4.27. The van der Waals surface area contributed by atoms with Gasteiger partial charge in [-0.05, 0) is 26.0 Å². The van der Waals surface area contributed by atoms with Crippen LogP contribution in [0.1, 0.15) is 21.7 Å². The number of halogens is 1. The van der Waals surface area contributed by atoms with Gasteiger partial charge in [-0.15, -0.1) is 0 Å². The number of nitrogens with zero attached hydrogens (tertiary/aromatic N) is 3. The van der Waals surface area contributed by atoms with Gasteiger partial charge in [0, 0.05) is 26.2 Å². The molecule has 0 unspecified atom stereocenters. The van der Waals surface area contributed by atoms with Crippen molar-refractivity contribution in [3.8, 4) is 0 Å². The number of amides is 1. The van der Waals surface area contributed by atoms with Gasteiger partial charge >= 0.3 is 0 Å². The molecule has 2 aromatic rings. The molecular formula is C16H20FN5O. The smallest absolute Gasteiger partial charge is 0.251 e. The fourth-order valence-corrected chi connectivity index (χ4v) is 3.14. The second kappa shape index (κ2) is 5.91. The molecule has 0 aliphatic carbocycles. The average Bonchev–Trinajstić information content (AvgIpc) is 2.86. The van der Waals surface area contributed by atoms with Crippen molar-refractivity contribution in [1.82, 2.24) is 10.2 Å². The first kappa shape index (κ1) is 15.3. The van der Waals surface area contributed by atoms with Crippen LogP contribution in [0.15, 0.2) is 18.2 Å². The highest BCUT2D eigenvalue weighted by Crippen LogP contribution is 2.27. The zero-order chi connectivity index (χ0) is 16.6. The van der Waals surface area contributed by atoms with Crippen LogP contribution in [0.5, 0.6) is 0 Å². The third-order valence-electron chi connectivity index (χ3n) is 4.27. The molecule has 1 aromatic heterocycles. The summed E-state index contributed by atoms with van der Waals surface area (Å²) in [7, 11) is 0. The number of H-pyrrole nitrogens is 1. The van der Waals surface area contributed by atoms with Crippen molar-refractivity contribution in [2.24, 2.45) is 5.73 Å². The van der Waals surface area contributed by atoms with Gasteiger partial charge in [-0.3, -0.25) is 9.89 Å². The number of anilines is 2. The number of primary amides is 1. The maximum Gasteiger partial charge on any atom is 0.251 e. The topological polar surface area (TPSA) is 78.2 Å². The van der Waals surface area contributed by atoms with E-state index >= 15 is 0 Å². The molecule has 0 atom stereocenters. The molecule has 1 aliphatic rings. The molecule has 7 heteroatoms. The number of carbonyl (C=O) groups excluding carboxylic acids is 1. The number of hydrogen-bond donors (Lipinski definition) is 2. The molecule has 2 heterocycles. The normalized spacial score (nSPS) is 15.1. The van der Waals surface area contributed by atoms with Crippen molar-refractivity contribution >= 4 is 17.3 Å². The fourth-order valence-electron chi connectivity index (χ4n) is 3.14. The number of piperazine rings is 1. The lowest BCUT2D eigenvalue weighted by Gasteiger charge is -2.37. The molecule has 23 heavy (non-hydrogen) atoms. The van der Waals surface area contributed by atoms with Gasteiger partial charge in [-0.25, -0.2) is 4.39 Å². The zero-order valence-corrected chi connectivity index (χ0v) is 13.3. The first-order valence-electron chi connectivity index (χ1n) is 7.59. The first-order valence-corrected chi connectivity index (χ1v) is 7.59. The molecule has 1 aliphatic heterocycles. The van der Waals surface area contributed by atoms with Gasteiger partial charge < -0.3 is 15.5 Å². The van der Waals surface area contributed by atoms with E-state index < -0.39 is 11.7 Å². The molecule has 1 saturated heterocycles. The molecule has 6 nitrogen and oxygen atoms in total. The van der Waals surface area contributed by atoms with Gasteiger partial charge in [0.25, 0.3) is 5.91 Å². The van der Waals surface area contributed by atoms with Crippen LogP contribution in [0.3, 0.4) is 0 Å². The summed E-state index contributed by atoms with van der Waals surface area (Å²) in [4.78, 5) is 15.5. The van der Waals surface area contributed by atoms with Gasteiger partial charge in [-0.1, -0.05) is 6.07 Å². The number of carbonyl (C=O) groups is 1. The highest BCUT2D eigenvalue weighted by molar-refractivity contribution is 5.94. The summed E-state index contributed by atoms with van der Waals surface area (Å²) in [5.74, 6) is -1.28. The van der Waals surface area contributed by atoms with Crippen molar-refractivity contribution in [3.63, 3.8) is 0 Å². The Bertz CT molecular complexity index is 715. The Morgan fingerprint density at radius 2 is 1.87 bits per heavy atom. The first-order chi connectivity index (χ1) is 11.0. The molecule has 0 bridgehead atoms. The molecule has 1 amide bonds. The number of rotatable bonds is 3. The predicted molar refractivity (Wildman–Crippen MR) is 87.4 cm³/mol. The van der Waals surface area contributed by atoms with E-state index in [4.69, 9.17) is 5.73 Å². The fraction of sp³-hybridized carbons (Fsp3) is 0.375. The van der Waals surface area contributed by atoms with Crippen LogP contribution in [-0.4, -0.2) is 42.3 Å². The lowest BCUT2D eigenvalue weighted by molar-refractivity contribution is 0.0996. The minimum Gasteiger partial charge on any atom is -0.366 e. The van der Waals surface area contributed by atoms with E-state index in [1.54, 1.807) is 12.1 Å². The standard InChI is InChI=1S/C16H20FN5O/c1-10-15(11(2)20-19-10)22-8-6-21(7-9-22)13-5-3-4-12(14(13)17)16(18)23/h3-5H,6-9H2,1-2H3,(H2,18,23)(H,19,20). The average molecular weight is 317 g/mol. The van der Waals surface area contributed by atoms with E-state index in [9.17, 15) is 9.18 Å². The lowest BCUT2D eigenvalue weighted by atomic mass is 10.1. The van der Waals surface area contributed by atoms with E-state index in [1.807, 2.05) is 18.7 Å². The lowest BCUT2D eigenvalue weighted by Crippen LogP contribution is -2.47. The molecule has 3 rings (SSSR count). The number of nitrogens with two attached hydrogens (primary N) is 1. The second-order valence-corrected chi connectivity index (χ2v) is 5.76. The Labute approximate surface area is 134 Å². The van der Waals surface area contributed by atoms with Crippen molar-refractivity contribution in [2.75, 3.05) is 36.0 Å². The van der Waals surface area contributed by atoms with Gasteiger partial charge in [0.1, 0.15) is 0 Å². The number of aromatic amines is 1. The molecule has 122 valence electrons. The van der Waals surface area contributed by atoms with Crippen LogP contribution in [-0.2, 0) is 0 Å². The Morgan fingerprint density at radius 1 is 1.22 bits per heavy atom. The number of aryl methyl sites for hydroxylation is 2. The quantitative estimate of drug-likeness (QED) is 0.901. The van der Waals surface area contributed by atoms with Crippen LogP contribution in [0, 0.1) is 19.7 Å². The Kier molecular flexibility index (Phi) is 3.94. The maximum absolute atomic E-state index is 14.4. The number of hydrogen-bond acceptors (Lipinski definition) is 4. The van der Waals surface area contributed by atoms with E-state index in [0.29, 0.717) is 18.8 Å². The molecular weight excluding hydrogens is 297 g/mol. The second-order valence-electron chi connectivity index (χ2n) is 5.76. The van der Waals surface area contributed by atoms with Crippen LogP contribution in [0.25, 0.3) is 0 Å². The van der Waals surface area contributed by atoms with Crippen molar-refractivity contribution in [2.45, 2.75) is 13.8 Å². The minimum atomic E-state index is -0.743. The van der Waals surface area contributed by atoms with Crippen LogP contribution < -0.4 is 15.5 Å². The highest BCUT2D eigenvalue weighted by Gasteiger charge is 2.24. The monoisotopic (exact) mass is 317 g/mol. The molecule has 0 radical (unpaired) electrons. The van der Waals surface area contributed by atoms with Crippen molar-refractivity contribution in [1.29, 1.82) is 0 Å². The Hall–Kier alpha value is -2.57. The molecule has 3 N–H and O–H groups in total. The maximum atomic E-state index is 14.4. The summed E-state index contributed by atoms with van der Waals surface area (Å²) >= 11 is 0. The van der Waals surface area contributed by atoms with E-state index in [-0.39, 0.29) is 5.56 Å². The summed E-state index contributed by atoms with van der Waals surface area (Å²) in [6.07, 6.45) is 0. The van der Waals surface area contributed by atoms with Gasteiger partial charge in [-0.2, -0.15) is 5.10 Å². The Morgan fingerprint density at radius 3 is 2.43 bits per heavy atom. The minimum absolute atomic E-state index is 0.0635. The number of benzene rings is 1. The van der Waals surface area contributed by atoms with Crippen molar-refractivity contribution in [3.05, 3.63) is 41.0 Å². The summed E-state index contributed by atoms with van der Waals surface area (Å²) in [6, 6.07) is 4.76. The van der Waals surface area contributed by atoms with Crippen LogP contribution in [0.2, 0.25) is 0 Å². The van der Waals surface area contributed by atoms with Gasteiger partial charge in [0.15, 0.2) is 5.82 Å². The Balaban J connectivity index is 1.77. The van der Waals surface area contributed by atoms with Crippen molar-refractivity contribution < 1.29 is 9.18 Å². The molecule has 1 fully saturated rings. The largest absolute Gasteiger partial charge is 0.366 e. The predicted octanol–water partition coefficient (Wildman–Crippen LogP) is 1.59. The zero-order valence-electron chi connectivity index (χ0n) is 13.3. The SMILES string of the molecule is Cc1n[nH]c(C)c1N1CCN(c2cccc(C(N)=O)c2F)CC1. The summed E-state index contributed by atoms with van der Waals surface area (Å²) in [5.41, 5.74) is 8.72. The highest BCUT2D eigenvalue weighted by atomic mass is 19.1. The van der Waals surface area contributed by atoms with Crippen LogP contribution >= 0.6 is 0 Å². The van der Waals surface area contributed by atoms with Crippen LogP contribution in [0.4, 0.5) is 15.8 Å². The number of nitrogens with one attached hydrogen (secondary N) is 1. The summed E-state index contributed by atoms with van der Waals surface area (Å²) in [5, 5.41) is 7.21. The summed E-state index contributed by atoms with van der Waals surface area (Å²) in [6.45, 7) is 6.84. The third kappa shape index (κ3) is 2.74. The van der Waals surface area contributed by atoms with Gasteiger partial charge in [0.2, 0.25) is 0 Å².